The molecule has 1 aliphatic heterocycles. The molecule has 1 aromatic heterocycles. The van der Waals surface area contributed by atoms with Crippen molar-refractivity contribution < 1.29 is 19.4 Å². The fourth-order valence-corrected chi connectivity index (χ4v) is 5.40. The zero-order chi connectivity index (χ0) is 26.1. The molecule has 186 valence electrons. The van der Waals surface area contributed by atoms with Crippen LogP contribution >= 0.6 is 34.5 Å². The molecule has 0 saturated carbocycles. The molecule has 3 aromatic carbocycles. The first-order valence-electron chi connectivity index (χ1n) is 11.0. The number of esters is 1. The quantitative estimate of drug-likeness (QED) is 0.246. The fraction of sp³-hybridized carbons (Fsp3) is 0.0769. The summed E-state index contributed by atoms with van der Waals surface area (Å²) in [5.74, 6) is -1.18. The van der Waals surface area contributed by atoms with Crippen LogP contribution in [0, 0.1) is 5.41 Å². The predicted octanol–water partition coefficient (Wildman–Crippen LogP) is 6.17. The van der Waals surface area contributed by atoms with Gasteiger partial charge < -0.3 is 20.1 Å². The molecule has 0 radical (unpaired) electrons. The summed E-state index contributed by atoms with van der Waals surface area (Å²) in [4.78, 5) is 31.0. The molecular formula is C26H18Cl2N4O4S. The van der Waals surface area contributed by atoms with Gasteiger partial charge in [0.2, 0.25) is 0 Å². The number of hydrogen-bond acceptors (Lipinski definition) is 7. The first-order valence-corrected chi connectivity index (χ1v) is 12.5. The Hall–Kier alpha value is -3.92. The number of amides is 1. The number of aliphatic hydroxyl groups is 1. The number of para-hydroxylation sites is 1. The largest absolute Gasteiger partial charge is 0.510 e. The Kier molecular flexibility index (Phi) is 6.84. The Morgan fingerprint density at radius 1 is 1.08 bits per heavy atom. The second-order valence-electron chi connectivity index (χ2n) is 8.08. The van der Waals surface area contributed by atoms with E-state index in [4.69, 9.17) is 33.3 Å². The van der Waals surface area contributed by atoms with Crippen LogP contribution in [0.15, 0.2) is 72.5 Å². The number of anilines is 2. The SMILES string of the molecule is N=C1C(c2nc3ccccc3s2)=C(O)CN1c1cccc(C(=O)OCC(=O)Nc2cc(Cl)cc(Cl)c2)c1. The van der Waals surface area contributed by atoms with Crippen molar-refractivity contribution >= 4 is 79.4 Å². The summed E-state index contributed by atoms with van der Waals surface area (Å²) in [6.07, 6.45) is 0. The van der Waals surface area contributed by atoms with Crippen LogP contribution in [-0.4, -0.2) is 41.0 Å². The summed E-state index contributed by atoms with van der Waals surface area (Å²) in [5.41, 5.74) is 2.23. The van der Waals surface area contributed by atoms with Crippen molar-refractivity contribution in [2.24, 2.45) is 0 Å². The Labute approximate surface area is 225 Å². The van der Waals surface area contributed by atoms with E-state index < -0.39 is 18.5 Å². The highest BCUT2D eigenvalue weighted by molar-refractivity contribution is 7.19. The Balaban J connectivity index is 1.26. The third-order valence-electron chi connectivity index (χ3n) is 5.49. The number of halogens is 2. The zero-order valence-electron chi connectivity index (χ0n) is 19.0. The van der Waals surface area contributed by atoms with Crippen LogP contribution in [0.4, 0.5) is 11.4 Å². The number of nitrogens with one attached hydrogen (secondary N) is 2. The van der Waals surface area contributed by atoms with E-state index in [2.05, 4.69) is 10.3 Å². The van der Waals surface area contributed by atoms with Gasteiger partial charge in [0.05, 0.1) is 27.9 Å². The maximum Gasteiger partial charge on any atom is 0.338 e. The molecule has 0 bridgehead atoms. The molecule has 0 unspecified atom stereocenters. The highest BCUT2D eigenvalue weighted by Gasteiger charge is 2.31. The Bertz CT molecular complexity index is 1550. The molecule has 5 rings (SSSR count). The van der Waals surface area contributed by atoms with Crippen molar-refractivity contribution in [2.75, 3.05) is 23.4 Å². The van der Waals surface area contributed by atoms with Crippen molar-refractivity contribution in [3.8, 4) is 0 Å². The summed E-state index contributed by atoms with van der Waals surface area (Å²) < 4.78 is 6.11. The van der Waals surface area contributed by atoms with E-state index in [0.717, 1.165) is 10.2 Å². The molecule has 0 spiro atoms. The highest BCUT2D eigenvalue weighted by atomic mass is 35.5. The average Bonchev–Trinajstić information content (AvgIpc) is 3.41. The average molecular weight is 553 g/mol. The van der Waals surface area contributed by atoms with E-state index in [-0.39, 0.29) is 23.7 Å². The first kappa shape index (κ1) is 24.8. The minimum absolute atomic E-state index is 0.0230. The lowest BCUT2D eigenvalue weighted by Gasteiger charge is -2.19. The zero-order valence-corrected chi connectivity index (χ0v) is 21.3. The fourth-order valence-electron chi connectivity index (χ4n) is 3.84. The molecule has 1 amide bonds. The number of aliphatic hydroxyl groups excluding tert-OH is 1. The van der Waals surface area contributed by atoms with Crippen LogP contribution in [0.25, 0.3) is 15.8 Å². The van der Waals surface area contributed by atoms with Gasteiger partial charge in [-0.15, -0.1) is 11.3 Å². The maximum atomic E-state index is 12.6. The smallest absolute Gasteiger partial charge is 0.338 e. The number of amidine groups is 1. The second-order valence-corrected chi connectivity index (χ2v) is 9.98. The molecule has 8 nitrogen and oxygen atoms in total. The summed E-state index contributed by atoms with van der Waals surface area (Å²) in [6, 6.07) is 18.6. The summed E-state index contributed by atoms with van der Waals surface area (Å²) in [6.45, 7) is -0.454. The van der Waals surface area contributed by atoms with E-state index in [9.17, 15) is 14.7 Å². The van der Waals surface area contributed by atoms with Crippen LogP contribution in [0.3, 0.4) is 0 Å². The molecule has 1 aliphatic rings. The normalized spacial score (nSPS) is 13.4. The Morgan fingerprint density at radius 3 is 2.59 bits per heavy atom. The van der Waals surface area contributed by atoms with E-state index >= 15 is 0 Å². The number of thiazole rings is 1. The lowest BCUT2D eigenvalue weighted by atomic mass is 10.2. The summed E-state index contributed by atoms with van der Waals surface area (Å²) in [5, 5.41) is 23.2. The third kappa shape index (κ3) is 5.29. The van der Waals surface area contributed by atoms with Crippen molar-refractivity contribution in [1.29, 1.82) is 5.41 Å². The van der Waals surface area contributed by atoms with E-state index in [1.165, 1.54) is 29.5 Å². The summed E-state index contributed by atoms with van der Waals surface area (Å²) >= 11 is 13.3. The van der Waals surface area contributed by atoms with Gasteiger partial charge in [-0.05, 0) is 48.5 Å². The number of rotatable bonds is 6. The van der Waals surface area contributed by atoms with Crippen LogP contribution in [-0.2, 0) is 9.53 Å². The van der Waals surface area contributed by atoms with Crippen LogP contribution in [0.5, 0.6) is 0 Å². The standard InChI is InChI=1S/C26H18Cl2N4O4S/c27-15-9-16(28)11-17(10-15)30-22(34)13-36-26(35)14-4-3-5-18(8-14)32-12-20(33)23(24(32)29)25-31-19-6-1-2-7-21(19)37-25/h1-11,29,33H,12-13H2,(H,30,34). The second kappa shape index (κ2) is 10.2. The molecule has 11 heteroatoms. The minimum atomic E-state index is -0.713. The van der Waals surface area contributed by atoms with Crippen LogP contribution in [0.1, 0.15) is 15.4 Å². The number of aromatic nitrogens is 1. The number of carbonyl (C=O) groups is 2. The van der Waals surface area contributed by atoms with Crippen molar-refractivity contribution in [3.05, 3.63) is 93.1 Å². The van der Waals surface area contributed by atoms with Gasteiger partial charge in [-0.25, -0.2) is 9.78 Å². The highest BCUT2D eigenvalue weighted by Crippen LogP contribution is 2.35. The molecule has 2 heterocycles. The number of carbonyl (C=O) groups excluding carboxylic acids is 2. The van der Waals surface area contributed by atoms with Gasteiger partial charge >= 0.3 is 5.97 Å². The van der Waals surface area contributed by atoms with Gasteiger partial charge in [0.25, 0.3) is 5.91 Å². The van der Waals surface area contributed by atoms with Gasteiger partial charge in [0, 0.05) is 21.4 Å². The number of hydrogen-bond donors (Lipinski definition) is 3. The molecule has 0 aliphatic carbocycles. The van der Waals surface area contributed by atoms with Crippen LogP contribution in [0.2, 0.25) is 10.0 Å². The molecule has 0 fully saturated rings. The third-order valence-corrected chi connectivity index (χ3v) is 6.98. The van der Waals surface area contributed by atoms with E-state index in [1.54, 1.807) is 29.2 Å². The molecule has 0 atom stereocenters. The van der Waals surface area contributed by atoms with Crippen molar-refractivity contribution in [1.82, 2.24) is 4.98 Å². The molecule has 0 saturated heterocycles. The molecule has 37 heavy (non-hydrogen) atoms. The summed E-state index contributed by atoms with van der Waals surface area (Å²) in [7, 11) is 0. The van der Waals surface area contributed by atoms with Gasteiger partial charge in [-0.2, -0.15) is 0 Å². The number of benzene rings is 3. The number of fused-ring (bicyclic) bond motifs is 1. The maximum absolute atomic E-state index is 12.6. The lowest BCUT2D eigenvalue weighted by molar-refractivity contribution is -0.119. The molecule has 3 N–H and O–H groups in total. The molecular weight excluding hydrogens is 535 g/mol. The van der Waals surface area contributed by atoms with E-state index in [0.29, 0.717) is 32.0 Å². The van der Waals surface area contributed by atoms with Crippen molar-refractivity contribution in [2.45, 2.75) is 0 Å². The van der Waals surface area contributed by atoms with Gasteiger partial charge in [0.15, 0.2) is 6.61 Å². The number of ether oxygens (including phenoxy) is 1. The van der Waals surface area contributed by atoms with Crippen molar-refractivity contribution in [3.63, 3.8) is 0 Å². The van der Waals surface area contributed by atoms with Gasteiger partial charge in [-0.1, -0.05) is 41.4 Å². The monoisotopic (exact) mass is 552 g/mol. The van der Waals surface area contributed by atoms with Gasteiger partial charge in [0.1, 0.15) is 16.6 Å². The van der Waals surface area contributed by atoms with E-state index in [1.807, 2.05) is 24.3 Å². The predicted molar refractivity (Wildman–Crippen MR) is 146 cm³/mol. The minimum Gasteiger partial charge on any atom is -0.510 e. The first-order chi connectivity index (χ1) is 17.8. The number of nitrogens with zero attached hydrogens (tertiary/aromatic N) is 2. The lowest BCUT2D eigenvalue weighted by Crippen LogP contribution is -2.26. The molecule has 4 aromatic rings. The van der Waals surface area contributed by atoms with Gasteiger partial charge in [-0.3, -0.25) is 10.2 Å². The van der Waals surface area contributed by atoms with Crippen LogP contribution < -0.4 is 10.2 Å². The topological polar surface area (TPSA) is 116 Å². The Morgan fingerprint density at radius 2 is 1.84 bits per heavy atom.